The molecule has 0 bridgehead atoms. The van der Waals surface area contributed by atoms with E-state index in [4.69, 9.17) is 0 Å². The van der Waals surface area contributed by atoms with Gasteiger partial charge in [0.2, 0.25) is 11.8 Å². The number of benzene rings is 2. The van der Waals surface area contributed by atoms with E-state index in [0.29, 0.717) is 31.0 Å². The molecular formula is C24H26N4O3. The summed E-state index contributed by atoms with van der Waals surface area (Å²) in [6.07, 6.45) is 0.640. The van der Waals surface area contributed by atoms with E-state index in [0.717, 1.165) is 35.6 Å². The normalized spacial score (nSPS) is 23.1. The monoisotopic (exact) mass is 418 g/mol. The van der Waals surface area contributed by atoms with Crippen LogP contribution >= 0.6 is 0 Å². The van der Waals surface area contributed by atoms with Crippen molar-refractivity contribution in [3.05, 3.63) is 59.2 Å². The van der Waals surface area contributed by atoms with Crippen LogP contribution in [-0.2, 0) is 22.7 Å². The highest BCUT2D eigenvalue weighted by Gasteiger charge is 2.40. The van der Waals surface area contributed by atoms with Crippen LogP contribution in [0.1, 0.15) is 41.3 Å². The molecule has 0 spiro atoms. The predicted octanol–water partition coefficient (Wildman–Crippen LogP) is 2.52. The summed E-state index contributed by atoms with van der Waals surface area (Å²) in [6.45, 7) is 5.04. The first-order valence-electron chi connectivity index (χ1n) is 10.8. The SMILES string of the molecule is CC1CNc2ccccc2N(Cc2cccc3c2C(=O)N(C2CCC(=O)NC2=O)C3)C1. The van der Waals surface area contributed by atoms with Gasteiger partial charge >= 0.3 is 0 Å². The lowest BCUT2D eigenvalue weighted by Gasteiger charge is -2.29. The van der Waals surface area contributed by atoms with E-state index < -0.39 is 6.04 Å². The van der Waals surface area contributed by atoms with E-state index in [9.17, 15) is 14.4 Å². The van der Waals surface area contributed by atoms with Crippen molar-refractivity contribution in [1.29, 1.82) is 0 Å². The quantitative estimate of drug-likeness (QED) is 0.749. The molecule has 1 fully saturated rings. The number of hydrogen-bond acceptors (Lipinski definition) is 5. The van der Waals surface area contributed by atoms with Crippen molar-refractivity contribution in [2.75, 3.05) is 23.3 Å². The Hall–Kier alpha value is -3.35. The molecule has 2 atom stereocenters. The second-order valence-corrected chi connectivity index (χ2v) is 8.73. The Bertz CT molecular complexity index is 1070. The smallest absolute Gasteiger partial charge is 0.255 e. The average molecular weight is 418 g/mol. The molecule has 31 heavy (non-hydrogen) atoms. The van der Waals surface area contributed by atoms with Crippen LogP contribution in [0.15, 0.2) is 42.5 Å². The van der Waals surface area contributed by atoms with E-state index in [1.807, 2.05) is 30.3 Å². The molecule has 7 heteroatoms. The molecule has 2 unspecified atom stereocenters. The highest BCUT2D eigenvalue weighted by molar-refractivity contribution is 6.06. The molecule has 0 saturated carbocycles. The van der Waals surface area contributed by atoms with E-state index in [1.165, 1.54) is 0 Å². The zero-order chi connectivity index (χ0) is 21.5. The predicted molar refractivity (Wildman–Crippen MR) is 118 cm³/mol. The van der Waals surface area contributed by atoms with Gasteiger partial charge in [0.1, 0.15) is 6.04 Å². The number of carbonyl (C=O) groups excluding carboxylic acids is 3. The number of amides is 3. The van der Waals surface area contributed by atoms with Crippen LogP contribution in [0.25, 0.3) is 0 Å². The van der Waals surface area contributed by atoms with Crippen LogP contribution in [0, 0.1) is 5.92 Å². The number of hydrogen-bond donors (Lipinski definition) is 2. The summed E-state index contributed by atoms with van der Waals surface area (Å²) in [5.74, 6) is -0.303. The average Bonchev–Trinajstić information content (AvgIpc) is 3.00. The maximum Gasteiger partial charge on any atom is 0.255 e. The minimum atomic E-state index is -0.589. The van der Waals surface area contributed by atoms with Gasteiger partial charge in [-0.2, -0.15) is 0 Å². The Labute approximate surface area is 181 Å². The molecule has 7 nitrogen and oxygen atoms in total. The van der Waals surface area contributed by atoms with Crippen LogP contribution < -0.4 is 15.5 Å². The number of anilines is 2. The lowest BCUT2D eigenvalue weighted by atomic mass is 10.0. The maximum absolute atomic E-state index is 13.4. The van der Waals surface area contributed by atoms with E-state index in [-0.39, 0.29) is 24.1 Å². The van der Waals surface area contributed by atoms with Gasteiger partial charge in [0.05, 0.1) is 11.4 Å². The molecule has 1 saturated heterocycles. The summed E-state index contributed by atoms with van der Waals surface area (Å²) >= 11 is 0. The van der Waals surface area contributed by atoms with Gasteiger partial charge in [0, 0.05) is 38.2 Å². The summed E-state index contributed by atoms with van der Waals surface area (Å²) in [5, 5.41) is 5.89. The molecule has 0 radical (unpaired) electrons. The Kier molecular flexibility index (Phi) is 4.88. The molecule has 0 aliphatic carbocycles. The number of nitrogens with one attached hydrogen (secondary N) is 2. The van der Waals surface area contributed by atoms with Crippen LogP contribution in [0.3, 0.4) is 0 Å². The van der Waals surface area contributed by atoms with Gasteiger partial charge in [-0.3, -0.25) is 19.7 Å². The minimum absolute atomic E-state index is 0.116. The van der Waals surface area contributed by atoms with Crippen molar-refractivity contribution >= 4 is 29.1 Å². The van der Waals surface area contributed by atoms with Gasteiger partial charge in [-0.05, 0) is 35.6 Å². The Balaban J connectivity index is 1.44. The maximum atomic E-state index is 13.4. The first-order chi connectivity index (χ1) is 15.0. The standard InChI is InChI=1S/C24H26N4O3/c1-15-11-25-18-7-2-3-8-19(18)27(12-15)13-16-5-4-6-17-14-28(24(31)22(16)17)20-9-10-21(29)26-23(20)30/h2-8,15,20,25H,9-14H2,1H3,(H,26,29,30). The molecule has 5 rings (SSSR count). The van der Waals surface area contributed by atoms with Crippen molar-refractivity contribution in [3.8, 4) is 0 Å². The van der Waals surface area contributed by atoms with E-state index in [1.54, 1.807) is 4.90 Å². The Morgan fingerprint density at radius 2 is 1.90 bits per heavy atom. The summed E-state index contributed by atoms with van der Waals surface area (Å²) in [6, 6.07) is 13.6. The zero-order valence-electron chi connectivity index (χ0n) is 17.6. The van der Waals surface area contributed by atoms with Gasteiger partial charge in [-0.25, -0.2) is 0 Å². The molecule has 3 heterocycles. The van der Waals surface area contributed by atoms with Crippen LogP contribution in [0.5, 0.6) is 0 Å². The fraction of sp³-hybridized carbons (Fsp3) is 0.375. The van der Waals surface area contributed by atoms with E-state index in [2.05, 4.69) is 34.6 Å². The molecule has 3 aliphatic rings. The third-order valence-electron chi connectivity index (χ3n) is 6.42. The second-order valence-electron chi connectivity index (χ2n) is 8.73. The second kappa shape index (κ2) is 7.72. The van der Waals surface area contributed by atoms with Gasteiger partial charge in [-0.1, -0.05) is 37.3 Å². The number of carbonyl (C=O) groups is 3. The summed E-state index contributed by atoms with van der Waals surface area (Å²) in [5.41, 5.74) is 4.87. The molecule has 3 amide bonds. The van der Waals surface area contributed by atoms with Crippen molar-refractivity contribution in [2.45, 2.75) is 38.9 Å². The first-order valence-corrected chi connectivity index (χ1v) is 10.8. The third kappa shape index (κ3) is 3.54. The summed E-state index contributed by atoms with van der Waals surface area (Å²) in [4.78, 5) is 41.2. The highest BCUT2D eigenvalue weighted by Crippen LogP contribution is 2.34. The largest absolute Gasteiger partial charge is 0.383 e. The fourth-order valence-corrected chi connectivity index (χ4v) is 4.90. The van der Waals surface area contributed by atoms with Gasteiger partial charge in [0.25, 0.3) is 5.91 Å². The lowest BCUT2D eigenvalue weighted by molar-refractivity contribution is -0.136. The zero-order valence-corrected chi connectivity index (χ0v) is 17.6. The highest BCUT2D eigenvalue weighted by atomic mass is 16.2. The van der Waals surface area contributed by atoms with E-state index >= 15 is 0 Å². The lowest BCUT2D eigenvalue weighted by Crippen LogP contribution is -2.52. The Morgan fingerprint density at radius 1 is 1.06 bits per heavy atom. The van der Waals surface area contributed by atoms with Gasteiger partial charge < -0.3 is 15.1 Å². The number of para-hydroxylation sites is 2. The molecule has 2 aromatic carbocycles. The van der Waals surface area contributed by atoms with Gasteiger partial charge in [-0.15, -0.1) is 0 Å². The van der Waals surface area contributed by atoms with Crippen LogP contribution in [0.4, 0.5) is 11.4 Å². The third-order valence-corrected chi connectivity index (χ3v) is 6.42. The fourth-order valence-electron chi connectivity index (χ4n) is 4.90. The van der Waals surface area contributed by atoms with Crippen molar-refractivity contribution < 1.29 is 14.4 Å². The molecular weight excluding hydrogens is 392 g/mol. The first kappa shape index (κ1) is 19.6. The number of fused-ring (bicyclic) bond motifs is 2. The van der Waals surface area contributed by atoms with Crippen molar-refractivity contribution in [1.82, 2.24) is 10.2 Å². The molecule has 0 aromatic heterocycles. The topological polar surface area (TPSA) is 81.8 Å². The minimum Gasteiger partial charge on any atom is -0.383 e. The van der Waals surface area contributed by atoms with Crippen molar-refractivity contribution in [3.63, 3.8) is 0 Å². The summed E-state index contributed by atoms with van der Waals surface area (Å²) < 4.78 is 0. The number of nitrogens with zero attached hydrogens (tertiary/aromatic N) is 2. The summed E-state index contributed by atoms with van der Waals surface area (Å²) in [7, 11) is 0. The number of imide groups is 1. The van der Waals surface area contributed by atoms with Gasteiger partial charge in [0.15, 0.2) is 0 Å². The van der Waals surface area contributed by atoms with Crippen LogP contribution in [-0.4, -0.2) is 41.8 Å². The number of piperidine rings is 1. The molecule has 3 aliphatic heterocycles. The molecule has 2 aromatic rings. The number of rotatable bonds is 3. The van der Waals surface area contributed by atoms with Crippen molar-refractivity contribution in [2.24, 2.45) is 5.92 Å². The molecule has 2 N–H and O–H groups in total. The molecule has 160 valence electrons. The van der Waals surface area contributed by atoms with Crippen LogP contribution in [0.2, 0.25) is 0 Å². The Morgan fingerprint density at radius 3 is 2.74 bits per heavy atom.